The molecule has 0 saturated heterocycles. The Morgan fingerprint density at radius 3 is 2.50 bits per heavy atom. The predicted octanol–water partition coefficient (Wildman–Crippen LogP) is 1.53. The third-order valence-corrected chi connectivity index (χ3v) is 1.60. The fourth-order valence-corrected chi connectivity index (χ4v) is 0.859. The van der Waals surface area contributed by atoms with Gasteiger partial charge in [-0.25, -0.2) is 0 Å². The molecule has 0 aliphatic carbocycles. The van der Waals surface area contributed by atoms with Gasteiger partial charge in [-0.1, -0.05) is 26.0 Å². The zero-order chi connectivity index (χ0) is 9.40. The van der Waals surface area contributed by atoms with Gasteiger partial charge in [-0.2, -0.15) is 0 Å². The Kier molecular flexibility index (Phi) is 7.11. The Balaban J connectivity index is 3.11. The summed E-state index contributed by atoms with van der Waals surface area (Å²) in [6.45, 7) is 8.48. The van der Waals surface area contributed by atoms with Crippen LogP contribution in [-0.2, 0) is 0 Å². The molecule has 0 aliphatic rings. The highest BCUT2D eigenvalue weighted by Gasteiger charge is 1.91. The zero-order valence-corrected chi connectivity index (χ0v) is 8.51. The molecule has 72 valence electrons. The summed E-state index contributed by atoms with van der Waals surface area (Å²) in [5.41, 5.74) is 5.54. The highest BCUT2D eigenvalue weighted by molar-refractivity contribution is 4.90. The van der Waals surface area contributed by atoms with Crippen molar-refractivity contribution in [1.82, 2.24) is 5.32 Å². The second-order valence-electron chi connectivity index (χ2n) is 3.67. The van der Waals surface area contributed by atoms with E-state index in [0.29, 0.717) is 0 Å². The number of nitrogens with two attached hydrogens (primary N) is 1. The molecule has 3 N–H and O–H groups in total. The Morgan fingerprint density at radius 2 is 2.00 bits per heavy atom. The average Bonchev–Trinajstić information content (AvgIpc) is 1.95. The molecule has 0 radical (unpaired) electrons. The Morgan fingerprint density at radius 1 is 1.33 bits per heavy atom. The van der Waals surface area contributed by atoms with Crippen molar-refractivity contribution in [2.24, 2.45) is 11.7 Å². The quantitative estimate of drug-likeness (QED) is 0.468. The largest absolute Gasteiger partial charge is 0.325 e. The lowest BCUT2D eigenvalue weighted by Gasteiger charge is -2.04. The highest BCUT2D eigenvalue weighted by atomic mass is 14.8. The van der Waals surface area contributed by atoms with E-state index in [-0.39, 0.29) is 6.04 Å². The topological polar surface area (TPSA) is 38.0 Å². The normalized spacial score (nSPS) is 14.4. The minimum absolute atomic E-state index is 0.178. The first-order chi connectivity index (χ1) is 5.63. The first-order valence-corrected chi connectivity index (χ1v) is 4.76. The van der Waals surface area contributed by atoms with Crippen molar-refractivity contribution in [3.05, 3.63) is 12.2 Å². The third-order valence-electron chi connectivity index (χ3n) is 1.60. The molecule has 0 amide bonds. The minimum atomic E-state index is 0.178. The maximum absolute atomic E-state index is 5.54. The van der Waals surface area contributed by atoms with E-state index in [1.54, 1.807) is 0 Å². The van der Waals surface area contributed by atoms with Gasteiger partial charge in [0.2, 0.25) is 0 Å². The molecule has 0 heterocycles. The van der Waals surface area contributed by atoms with Crippen LogP contribution in [0.15, 0.2) is 12.2 Å². The SMILES string of the molecule is CC(N)/C=C/CNCCC(C)C. The van der Waals surface area contributed by atoms with Crippen LogP contribution >= 0.6 is 0 Å². The molecule has 0 fully saturated rings. The summed E-state index contributed by atoms with van der Waals surface area (Å²) in [4.78, 5) is 0. The molecule has 2 nitrogen and oxygen atoms in total. The van der Waals surface area contributed by atoms with Crippen LogP contribution in [0.1, 0.15) is 27.2 Å². The van der Waals surface area contributed by atoms with Gasteiger partial charge in [0.25, 0.3) is 0 Å². The van der Waals surface area contributed by atoms with E-state index >= 15 is 0 Å². The molecule has 0 aliphatic heterocycles. The van der Waals surface area contributed by atoms with Crippen molar-refractivity contribution < 1.29 is 0 Å². The lowest BCUT2D eigenvalue weighted by molar-refractivity contribution is 0.552. The summed E-state index contributed by atoms with van der Waals surface area (Å²) in [5, 5.41) is 3.33. The minimum Gasteiger partial charge on any atom is -0.325 e. The van der Waals surface area contributed by atoms with Gasteiger partial charge in [0.1, 0.15) is 0 Å². The molecule has 0 aromatic heterocycles. The van der Waals surface area contributed by atoms with Crippen molar-refractivity contribution in [1.29, 1.82) is 0 Å². The van der Waals surface area contributed by atoms with Gasteiger partial charge in [0.15, 0.2) is 0 Å². The van der Waals surface area contributed by atoms with Crippen molar-refractivity contribution in [3.63, 3.8) is 0 Å². The first kappa shape index (κ1) is 11.7. The lowest BCUT2D eigenvalue weighted by Crippen LogP contribution is -2.18. The van der Waals surface area contributed by atoms with Crippen LogP contribution in [0.4, 0.5) is 0 Å². The van der Waals surface area contributed by atoms with Crippen molar-refractivity contribution >= 4 is 0 Å². The van der Waals surface area contributed by atoms with Crippen LogP contribution in [0.5, 0.6) is 0 Å². The summed E-state index contributed by atoms with van der Waals surface area (Å²) < 4.78 is 0. The summed E-state index contributed by atoms with van der Waals surface area (Å²) in [6.07, 6.45) is 5.35. The second kappa shape index (κ2) is 7.32. The van der Waals surface area contributed by atoms with E-state index in [1.165, 1.54) is 6.42 Å². The van der Waals surface area contributed by atoms with Gasteiger partial charge in [-0.05, 0) is 25.8 Å². The summed E-state index contributed by atoms with van der Waals surface area (Å²) in [7, 11) is 0. The molecule has 1 unspecified atom stereocenters. The zero-order valence-electron chi connectivity index (χ0n) is 8.51. The smallest absolute Gasteiger partial charge is 0.0195 e. The fraction of sp³-hybridized carbons (Fsp3) is 0.800. The van der Waals surface area contributed by atoms with Crippen LogP contribution < -0.4 is 11.1 Å². The van der Waals surface area contributed by atoms with Gasteiger partial charge < -0.3 is 11.1 Å². The number of hydrogen-bond donors (Lipinski definition) is 2. The Bertz CT molecular complexity index is 117. The molecule has 0 aromatic rings. The molecule has 0 saturated carbocycles. The van der Waals surface area contributed by atoms with Crippen LogP contribution in [0.2, 0.25) is 0 Å². The predicted molar refractivity (Wildman–Crippen MR) is 55.1 cm³/mol. The van der Waals surface area contributed by atoms with E-state index in [9.17, 15) is 0 Å². The van der Waals surface area contributed by atoms with Crippen LogP contribution in [0, 0.1) is 5.92 Å². The molecular weight excluding hydrogens is 148 g/mol. The van der Waals surface area contributed by atoms with Crippen molar-refractivity contribution in [2.75, 3.05) is 13.1 Å². The van der Waals surface area contributed by atoms with Gasteiger partial charge in [0.05, 0.1) is 0 Å². The van der Waals surface area contributed by atoms with E-state index in [4.69, 9.17) is 5.73 Å². The standard InChI is InChI=1S/C10H22N2/c1-9(2)6-8-12-7-4-5-10(3)11/h4-5,9-10,12H,6-8,11H2,1-3H3/b5-4+. The summed E-state index contributed by atoms with van der Waals surface area (Å²) in [6, 6.07) is 0.178. The van der Waals surface area contributed by atoms with E-state index in [1.807, 2.05) is 13.0 Å². The maximum atomic E-state index is 5.54. The molecule has 0 bridgehead atoms. The number of hydrogen-bond acceptors (Lipinski definition) is 2. The summed E-state index contributed by atoms with van der Waals surface area (Å²) >= 11 is 0. The Labute approximate surface area is 76.2 Å². The average molecular weight is 170 g/mol. The highest BCUT2D eigenvalue weighted by Crippen LogP contribution is 1.95. The third kappa shape index (κ3) is 9.66. The molecule has 0 aromatic carbocycles. The molecule has 12 heavy (non-hydrogen) atoms. The Hall–Kier alpha value is -0.340. The second-order valence-corrected chi connectivity index (χ2v) is 3.67. The lowest BCUT2D eigenvalue weighted by atomic mass is 10.1. The van der Waals surface area contributed by atoms with Crippen LogP contribution in [0.25, 0.3) is 0 Å². The molecule has 1 atom stereocenters. The van der Waals surface area contributed by atoms with Gasteiger partial charge >= 0.3 is 0 Å². The molecule has 0 spiro atoms. The monoisotopic (exact) mass is 170 g/mol. The van der Waals surface area contributed by atoms with Crippen LogP contribution in [0.3, 0.4) is 0 Å². The van der Waals surface area contributed by atoms with Crippen LogP contribution in [-0.4, -0.2) is 19.1 Å². The van der Waals surface area contributed by atoms with Gasteiger partial charge in [-0.15, -0.1) is 0 Å². The molecule has 2 heteroatoms. The van der Waals surface area contributed by atoms with Gasteiger partial charge in [-0.3, -0.25) is 0 Å². The van der Waals surface area contributed by atoms with Crippen molar-refractivity contribution in [3.8, 4) is 0 Å². The van der Waals surface area contributed by atoms with E-state index < -0.39 is 0 Å². The fourth-order valence-electron chi connectivity index (χ4n) is 0.859. The van der Waals surface area contributed by atoms with E-state index in [0.717, 1.165) is 19.0 Å². The summed E-state index contributed by atoms with van der Waals surface area (Å²) in [5.74, 6) is 0.787. The molecule has 0 rings (SSSR count). The van der Waals surface area contributed by atoms with Gasteiger partial charge in [0, 0.05) is 12.6 Å². The first-order valence-electron chi connectivity index (χ1n) is 4.76. The maximum Gasteiger partial charge on any atom is 0.0195 e. The van der Waals surface area contributed by atoms with Crippen molar-refractivity contribution in [2.45, 2.75) is 33.2 Å². The number of rotatable bonds is 6. The molecular formula is C10H22N2. The number of nitrogens with one attached hydrogen (secondary N) is 1. The van der Waals surface area contributed by atoms with E-state index in [2.05, 4.69) is 25.2 Å².